The van der Waals surface area contributed by atoms with E-state index >= 15 is 0 Å². The van der Waals surface area contributed by atoms with Crippen LogP contribution in [0.15, 0.2) is 12.2 Å². The van der Waals surface area contributed by atoms with Gasteiger partial charge in [-0.2, -0.15) is 0 Å². The molecule has 0 amide bonds. The number of aliphatic hydroxyl groups excluding tert-OH is 1. The molecule has 1 N–H and O–H groups in total. The van der Waals surface area contributed by atoms with Crippen LogP contribution < -0.4 is 0 Å². The van der Waals surface area contributed by atoms with Gasteiger partial charge in [0.2, 0.25) is 0 Å². The van der Waals surface area contributed by atoms with Crippen molar-refractivity contribution in [3.8, 4) is 0 Å². The molecule has 0 rings (SSSR count). The van der Waals surface area contributed by atoms with Crippen LogP contribution in [0, 0.1) is 0 Å². The Morgan fingerprint density at radius 3 is 1.34 bits per heavy atom. The van der Waals surface area contributed by atoms with Gasteiger partial charge in [-0.05, 0) is 38.5 Å². The highest BCUT2D eigenvalue weighted by atomic mass is 16.6. The standard InChI is InChI=1S/C36H68O5/c1-3-5-7-9-11-13-15-17-18-19-21-23-25-27-29-31-36(39)41-34(32-37)33-40-35(38)30-28-26-24-22-20-16-14-12-10-8-6-4-2/h13,15,34,37H,3-12,14,16-33H2,1-2H3/t34-/m0/s1. The van der Waals surface area contributed by atoms with Gasteiger partial charge in [0.05, 0.1) is 6.61 Å². The second-order valence-electron chi connectivity index (χ2n) is 12.0. The van der Waals surface area contributed by atoms with E-state index in [1.807, 2.05) is 0 Å². The molecule has 0 aromatic rings. The van der Waals surface area contributed by atoms with E-state index in [1.54, 1.807) is 0 Å². The first-order valence-electron chi connectivity index (χ1n) is 17.7. The largest absolute Gasteiger partial charge is 0.462 e. The number of aliphatic hydroxyl groups is 1. The van der Waals surface area contributed by atoms with Gasteiger partial charge in [0, 0.05) is 12.8 Å². The number of carbonyl (C=O) groups is 2. The summed E-state index contributed by atoms with van der Waals surface area (Å²) in [6, 6.07) is 0. The lowest BCUT2D eigenvalue weighted by Crippen LogP contribution is -2.28. The Balaban J connectivity index is 3.55. The van der Waals surface area contributed by atoms with Gasteiger partial charge in [-0.3, -0.25) is 9.59 Å². The summed E-state index contributed by atoms with van der Waals surface area (Å²) in [7, 11) is 0. The van der Waals surface area contributed by atoms with Crippen LogP contribution in [0.3, 0.4) is 0 Å². The Kier molecular flexibility index (Phi) is 32.0. The number of carbonyl (C=O) groups excluding carboxylic acids is 2. The van der Waals surface area contributed by atoms with Crippen molar-refractivity contribution in [1.82, 2.24) is 0 Å². The molecule has 242 valence electrons. The van der Waals surface area contributed by atoms with E-state index in [-0.39, 0.29) is 25.2 Å². The van der Waals surface area contributed by atoms with Crippen LogP contribution in [0.4, 0.5) is 0 Å². The molecule has 0 heterocycles. The number of allylic oxidation sites excluding steroid dienone is 2. The van der Waals surface area contributed by atoms with Crippen LogP contribution in [0.2, 0.25) is 0 Å². The van der Waals surface area contributed by atoms with Crippen LogP contribution in [-0.2, 0) is 19.1 Å². The number of esters is 2. The predicted octanol–water partition coefficient (Wildman–Crippen LogP) is 10.6. The molecule has 0 fully saturated rings. The number of rotatable bonds is 32. The highest BCUT2D eigenvalue weighted by Crippen LogP contribution is 2.14. The van der Waals surface area contributed by atoms with E-state index in [4.69, 9.17) is 9.47 Å². The second-order valence-corrected chi connectivity index (χ2v) is 12.0. The maximum atomic E-state index is 12.1. The van der Waals surface area contributed by atoms with Crippen molar-refractivity contribution < 1.29 is 24.2 Å². The lowest BCUT2D eigenvalue weighted by molar-refractivity contribution is -0.161. The Morgan fingerprint density at radius 1 is 0.537 bits per heavy atom. The van der Waals surface area contributed by atoms with E-state index in [2.05, 4.69) is 26.0 Å². The first kappa shape index (κ1) is 39.6. The summed E-state index contributed by atoms with van der Waals surface area (Å²) in [5.74, 6) is -0.590. The molecule has 0 aromatic carbocycles. The number of hydrogen-bond acceptors (Lipinski definition) is 5. The third-order valence-corrected chi connectivity index (χ3v) is 7.81. The summed E-state index contributed by atoms with van der Waals surface area (Å²) >= 11 is 0. The van der Waals surface area contributed by atoms with Crippen LogP contribution in [-0.4, -0.2) is 36.4 Å². The van der Waals surface area contributed by atoms with Crippen LogP contribution in [0.1, 0.15) is 187 Å². The molecular weight excluding hydrogens is 512 g/mol. The van der Waals surface area contributed by atoms with Gasteiger partial charge in [-0.15, -0.1) is 0 Å². The molecule has 5 heteroatoms. The van der Waals surface area contributed by atoms with Crippen LogP contribution >= 0.6 is 0 Å². The molecule has 0 aromatic heterocycles. The molecule has 0 bridgehead atoms. The zero-order valence-corrected chi connectivity index (χ0v) is 27.3. The molecular formula is C36H68O5. The Labute approximate surface area is 254 Å². The quantitative estimate of drug-likeness (QED) is 0.0487. The van der Waals surface area contributed by atoms with Gasteiger partial charge in [-0.1, -0.05) is 148 Å². The Morgan fingerprint density at radius 2 is 0.902 bits per heavy atom. The highest BCUT2D eigenvalue weighted by Gasteiger charge is 2.16. The molecule has 0 aliphatic carbocycles. The molecule has 5 nitrogen and oxygen atoms in total. The van der Waals surface area contributed by atoms with Gasteiger partial charge < -0.3 is 14.6 Å². The number of hydrogen-bond donors (Lipinski definition) is 1. The van der Waals surface area contributed by atoms with Crippen molar-refractivity contribution in [3.05, 3.63) is 12.2 Å². The van der Waals surface area contributed by atoms with E-state index in [0.717, 1.165) is 38.5 Å². The summed E-state index contributed by atoms with van der Waals surface area (Å²) in [4.78, 5) is 24.1. The number of unbranched alkanes of at least 4 members (excludes halogenated alkanes) is 22. The van der Waals surface area contributed by atoms with E-state index in [0.29, 0.717) is 12.8 Å². The number of ether oxygens (including phenoxy) is 2. The first-order chi connectivity index (χ1) is 20.1. The van der Waals surface area contributed by atoms with E-state index < -0.39 is 6.10 Å². The summed E-state index contributed by atoms with van der Waals surface area (Å²) < 4.78 is 10.6. The zero-order chi connectivity index (χ0) is 30.1. The topological polar surface area (TPSA) is 72.8 Å². The highest BCUT2D eigenvalue weighted by molar-refractivity contribution is 5.70. The minimum Gasteiger partial charge on any atom is -0.462 e. The van der Waals surface area contributed by atoms with Gasteiger partial charge in [0.1, 0.15) is 6.61 Å². The second kappa shape index (κ2) is 33.1. The van der Waals surface area contributed by atoms with Crippen molar-refractivity contribution in [2.24, 2.45) is 0 Å². The Bertz CT molecular complexity index is 589. The smallest absolute Gasteiger partial charge is 0.306 e. The van der Waals surface area contributed by atoms with E-state index in [1.165, 1.54) is 122 Å². The first-order valence-corrected chi connectivity index (χ1v) is 17.7. The average molecular weight is 581 g/mol. The zero-order valence-electron chi connectivity index (χ0n) is 27.3. The Hall–Kier alpha value is -1.36. The summed E-state index contributed by atoms with van der Waals surface area (Å²) in [5, 5.41) is 9.51. The van der Waals surface area contributed by atoms with Crippen molar-refractivity contribution >= 4 is 11.9 Å². The molecule has 0 saturated heterocycles. The summed E-state index contributed by atoms with van der Waals surface area (Å²) in [6.45, 7) is 4.12. The fourth-order valence-corrected chi connectivity index (χ4v) is 5.08. The van der Waals surface area contributed by atoms with Crippen molar-refractivity contribution in [1.29, 1.82) is 0 Å². The maximum Gasteiger partial charge on any atom is 0.306 e. The van der Waals surface area contributed by atoms with Crippen molar-refractivity contribution in [2.45, 2.75) is 193 Å². The molecule has 1 atom stereocenters. The lowest BCUT2D eigenvalue weighted by Gasteiger charge is -2.15. The van der Waals surface area contributed by atoms with Gasteiger partial charge >= 0.3 is 11.9 Å². The molecule has 0 radical (unpaired) electrons. The van der Waals surface area contributed by atoms with E-state index in [9.17, 15) is 14.7 Å². The molecule has 0 aliphatic heterocycles. The molecule has 0 spiro atoms. The average Bonchev–Trinajstić information content (AvgIpc) is 2.97. The van der Waals surface area contributed by atoms with Crippen molar-refractivity contribution in [2.75, 3.05) is 13.2 Å². The fraction of sp³-hybridized carbons (Fsp3) is 0.889. The van der Waals surface area contributed by atoms with Crippen LogP contribution in [0.25, 0.3) is 0 Å². The lowest BCUT2D eigenvalue weighted by atomic mass is 10.0. The predicted molar refractivity (Wildman–Crippen MR) is 173 cm³/mol. The maximum absolute atomic E-state index is 12.1. The molecule has 0 unspecified atom stereocenters. The van der Waals surface area contributed by atoms with Gasteiger partial charge in [0.15, 0.2) is 6.10 Å². The minimum atomic E-state index is -0.765. The van der Waals surface area contributed by atoms with Gasteiger partial charge in [0.25, 0.3) is 0 Å². The molecule has 41 heavy (non-hydrogen) atoms. The minimum absolute atomic E-state index is 0.0621. The SMILES string of the molecule is CCCCCCC=CCCCCCCCCCC(=O)O[C@@H](CO)COC(=O)CCCCCCCCCCCCCC. The van der Waals surface area contributed by atoms with Crippen molar-refractivity contribution in [3.63, 3.8) is 0 Å². The third-order valence-electron chi connectivity index (χ3n) is 7.81. The molecule has 0 saturated carbocycles. The normalized spacial score (nSPS) is 12.2. The van der Waals surface area contributed by atoms with Gasteiger partial charge in [-0.25, -0.2) is 0 Å². The third kappa shape index (κ3) is 31.4. The summed E-state index contributed by atoms with van der Waals surface area (Å²) in [6.07, 6.45) is 35.5. The molecule has 0 aliphatic rings. The van der Waals surface area contributed by atoms with Crippen LogP contribution in [0.5, 0.6) is 0 Å². The monoisotopic (exact) mass is 581 g/mol. The summed E-state index contributed by atoms with van der Waals surface area (Å²) in [5.41, 5.74) is 0. The fourth-order valence-electron chi connectivity index (χ4n) is 5.08.